The predicted octanol–water partition coefficient (Wildman–Crippen LogP) is 5.59. The van der Waals surface area contributed by atoms with Crippen molar-refractivity contribution in [2.75, 3.05) is 60.4 Å². The van der Waals surface area contributed by atoms with Crippen molar-refractivity contribution in [2.45, 2.75) is 103 Å². The van der Waals surface area contributed by atoms with Crippen LogP contribution in [0.4, 0.5) is 0 Å². The van der Waals surface area contributed by atoms with Gasteiger partial charge in [0.05, 0.1) is 40.6 Å². The molecular formula is C27H56NO8PS. The minimum atomic E-state index is -4.57. The van der Waals surface area contributed by atoms with Gasteiger partial charge in [0.25, 0.3) is 17.9 Å². The van der Waals surface area contributed by atoms with Gasteiger partial charge in [0.15, 0.2) is 0 Å². The maximum absolute atomic E-state index is 12.0. The number of hydrogen-bond donors (Lipinski definition) is 0. The van der Waals surface area contributed by atoms with Gasteiger partial charge in [-0.25, -0.2) is 0 Å². The molecular weight excluding hydrogens is 529 g/mol. The number of nitrogens with zero attached hydrogens (tertiary/aromatic N) is 1. The third-order valence-corrected chi connectivity index (χ3v) is 7.43. The highest BCUT2D eigenvalue weighted by Gasteiger charge is 2.21. The van der Waals surface area contributed by atoms with Crippen LogP contribution >= 0.6 is 7.82 Å². The molecule has 2 atom stereocenters. The average molecular weight is 586 g/mol. The summed E-state index contributed by atoms with van der Waals surface area (Å²) < 4.78 is 55.7. The van der Waals surface area contributed by atoms with Crippen molar-refractivity contribution >= 4 is 17.9 Å². The number of quaternary nitrogens is 1. The quantitative estimate of drug-likeness (QED) is 0.0403. The van der Waals surface area contributed by atoms with Gasteiger partial charge in [-0.15, -0.1) is 0 Å². The molecule has 0 aromatic carbocycles. The minimum Gasteiger partial charge on any atom is -0.756 e. The fourth-order valence-corrected chi connectivity index (χ4v) is 4.99. The molecule has 0 saturated heterocycles. The molecule has 0 aliphatic heterocycles. The van der Waals surface area contributed by atoms with Gasteiger partial charge in [0, 0.05) is 6.61 Å². The van der Waals surface area contributed by atoms with Crippen molar-refractivity contribution in [1.29, 1.82) is 0 Å². The van der Waals surface area contributed by atoms with E-state index >= 15 is 0 Å². The Bertz CT molecular complexity index is 740. The van der Waals surface area contributed by atoms with E-state index in [-0.39, 0.29) is 13.2 Å². The van der Waals surface area contributed by atoms with E-state index in [1.165, 1.54) is 64.2 Å². The Morgan fingerprint density at radius 1 is 0.789 bits per heavy atom. The Morgan fingerprint density at radius 2 is 1.32 bits per heavy atom. The zero-order valence-corrected chi connectivity index (χ0v) is 26.4. The highest BCUT2D eigenvalue weighted by atomic mass is 32.2. The lowest BCUT2D eigenvalue weighted by Crippen LogP contribution is -2.37. The van der Waals surface area contributed by atoms with Crippen LogP contribution in [0.25, 0.3) is 0 Å². The first-order valence-electron chi connectivity index (χ1n) is 14.4. The summed E-state index contributed by atoms with van der Waals surface area (Å²) in [5, 5.41) is 0. The van der Waals surface area contributed by atoms with E-state index < -0.39 is 30.7 Å². The van der Waals surface area contributed by atoms with Crippen LogP contribution in [0.15, 0.2) is 12.2 Å². The molecule has 0 rings (SSSR count). The molecule has 0 aliphatic carbocycles. The fraction of sp³-hybridized carbons (Fsp3) is 0.926. The lowest BCUT2D eigenvalue weighted by molar-refractivity contribution is -0.870. The Morgan fingerprint density at radius 3 is 1.84 bits per heavy atom. The van der Waals surface area contributed by atoms with Crippen LogP contribution in [-0.4, -0.2) is 79.4 Å². The molecule has 0 spiro atoms. The normalized spacial score (nSPS) is 15.2. The van der Waals surface area contributed by atoms with Crippen molar-refractivity contribution in [3.63, 3.8) is 0 Å². The van der Waals surface area contributed by atoms with Gasteiger partial charge < -0.3 is 23.2 Å². The van der Waals surface area contributed by atoms with E-state index in [0.717, 1.165) is 31.9 Å². The first-order valence-corrected chi connectivity index (χ1v) is 17.6. The second-order valence-electron chi connectivity index (χ2n) is 11.0. The third-order valence-electron chi connectivity index (χ3n) is 5.85. The molecule has 0 aliphatic rings. The van der Waals surface area contributed by atoms with Crippen LogP contribution < -0.4 is 4.89 Å². The van der Waals surface area contributed by atoms with Crippen LogP contribution in [0.1, 0.15) is 96.8 Å². The molecule has 0 fully saturated rings. The molecule has 11 heteroatoms. The predicted molar refractivity (Wildman–Crippen MR) is 152 cm³/mol. The summed E-state index contributed by atoms with van der Waals surface area (Å²) in [5.74, 6) is 0. The van der Waals surface area contributed by atoms with Crippen molar-refractivity contribution in [1.82, 2.24) is 0 Å². The summed E-state index contributed by atoms with van der Waals surface area (Å²) in [6.45, 7) is 2.55. The first kappa shape index (κ1) is 37.7. The van der Waals surface area contributed by atoms with Crippen molar-refractivity contribution < 1.29 is 40.3 Å². The van der Waals surface area contributed by atoms with Crippen LogP contribution in [0, 0.1) is 0 Å². The fourth-order valence-electron chi connectivity index (χ4n) is 3.66. The second-order valence-corrected chi connectivity index (χ2v) is 14.0. The van der Waals surface area contributed by atoms with Crippen molar-refractivity contribution in [3.8, 4) is 0 Å². The summed E-state index contributed by atoms with van der Waals surface area (Å²) >= 11 is 0. The van der Waals surface area contributed by atoms with Crippen molar-refractivity contribution in [3.05, 3.63) is 12.2 Å². The van der Waals surface area contributed by atoms with E-state index in [9.17, 15) is 17.9 Å². The first-order chi connectivity index (χ1) is 17.8. The highest BCUT2D eigenvalue weighted by Crippen LogP contribution is 2.38. The monoisotopic (exact) mass is 585 g/mol. The summed E-state index contributed by atoms with van der Waals surface area (Å²) in [4.78, 5) is 12.0. The lowest BCUT2D eigenvalue weighted by Gasteiger charge is -2.28. The van der Waals surface area contributed by atoms with E-state index in [2.05, 4.69) is 19.1 Å². The summed E-state index contributed by atoms with van der Waals surface area (Å²) in [6, 6.07) is 0. The Balaban J connectivity index is 3.90. The summed E-state index contributed by atoms with van der Waals surface area (Å²) in [7, 11) is -2.65. The number of likely N-dealkylation sites (N-methyl/N-ethyl adjacent to an activating group) is 1. The highest BCUT2D eigenvalue weighted by molar-refractivity contribution is 7.86. The van der Waals surface area contributed by atoms with E-state index in [0.29, 0.717) is 17.6 Å². The molecule has 228 valence electrons. The third kappa shape index (κ3) is 28.7. The number of phosphoric acid groups is 1. The number of phosphoric ester groups is 1. The molecule has 0 radical (unpaired) electrons. The summed E-state index contributed by atoms with van der Waals surface area (Å²) in [5.41, 5.74) is 0. The smallest absolute Gasteiger partial charge is 0.268 e. The van der Waals surface area contributed by atoms with Crippen LogP contribution in [0.5, 0.6) is 0 Å². The van der Waals surface area contributed by atoms with E-state index in [1.807, 2.05) is 21.1 Å². The minimum absolute atomic E-state index is 0.0334. The Kier molecular flexibility index (Phi) is 22.2. The molecule has 0 aromatic rings. The Labute approximate surface area is 233 Å². The maximum atomic E-state index is 12.0. The zero-order chi connectivity index (χ0) is 28.8. The molecule has 0 bridgehead atoms. The van der Waals surface area contributed by atoms with E-state index in [1.54, 1.807) is 0 Å². The number of rotatable bonds is 27. The van der Waals surface area contributed by atoms with Gasteiger partial charge in [0.2, 0.25) is 0 Å². The number of unbranched alkanes of at least 4 members (excludes halogenated alkanes) is 12. The Hall–Kier alpha value is -0.320. The van der Waals surface area contributed by atoms with Gasteiger partial charge in [-0.2, -0.15) is 8.42 Å². The van der Waals surface area contributed by atoms with Gasteiger partial charge >= 0.3 is 0 Å². The molecule has 2 unspecified atom stereocenters. The average Bonchev–Trinajstić information content (AvgIpc) is 2.80. The SMILES string of the molecule is CCCCCCCC/C=C/CCCCCCCCOCC(COP(=O)([O-])OCC[N+](C)(C)C)OS(C)(=O)=O. The summed E-state index contributed by atoms with van der Waals surface area (Å²) in [6.07, 6.45) is 21.5. The lowest BCUT2D eigenvalue weighted by atomic mass is 10.1. The number of hydrogen-bond acceptors (Lipinski definition) is 8. The van der Waals surface area contributed by atoms with Crippen molar-refractivity contribution in [2.24, 2.45) is 0 Å². The maximum Gasteiger partial charge on any atom is 0.268 e. The van der Waals surface area contributed by atoms with Crippen LogP contribution in [0.3, 0.4) is 0 Å². The van der Waals surface area contributed by atoms with Gasteiger partial charge in [-0.1, -0.05) is 76.9 Å². The van der Waals surface area contributed by atoms with Gasteiger partial charge in [0.1, 0.15) is 19.3 Å². The molecule has 0 saturated carbocycles. The molecule has 0 amide bonds. The number of ether oxygens (including phenoxy) is 1. The topological polar surface area (TPSA) is 111 Å². The second kappa shape index (κ2) is 22.4. The molecule has 0 aromatic heterocycles. The standard InChI is InChI=1S/C27H56NO8PS/c1-6-7-8-9-10-11-12-13-14-15-16-17-18-19-20-21-23-33-25-27(36-38(5,31)32)26-35-37(29,30)34-24-22-28(2,3)4/h13-14,27H,6-12,15-26H2,1-5H3/b14-13+. The molecule has 0 N–H and O–H groups in total. The largest absolute Gasteiger partial charge is 0.756 e. The van der Waals surface area contributed by atoms with Crippen LogP contribution in [-0.2, 0) is 32.7 Å². The molecule has 38 heavy (non-hydrogen) atoms. The van der Waals surface area contributed by atoms with Crippen LogP contribution in [0.2, 0.25) is 0 Å². The molecule has 9 nitrogen and oxygen atoms in total. The van der Waals surface area contributed by atoms with Gasteiger partial charge in [-0.05, 0) is 32.1 Å². The number of allylic oxidation sites excluding steroid dienone is 2. The van der Waals surface area contributed by atoms with E-state index in [4.69, 9.17) is 18.0 Å². The molecule has 0 heterocycles. The zero-order valence-electron chi connectivity index (χ0n) is 24.7. The van der Waals surface area contributed by atoms with Gasteiger partial charge in [-0.3, -0.25) is 8.75 Å².